The minimum Gasteiger partial charge on any atom is -0.349 e. The zero-order chi connectivity index (χ0) is 16.3. The second-order valence-corrected chi connectivity index (χ2v) is 7.73. The molecule has 23 heavy (non-hydrogen) atoms. The lowest BCUT2D eigenvalue weighted by molar-refractivity contribution is -0.120. The number of nitrogens with one attached hydrogen (secondary N) is 1. The van der Waals surface area contributed by atoms with Crippen LogP contribution in [0.25, 0.3) is 4.96 Å². The third kappa shape index (κ3) is 3.76. The molecule has 2 aromatic heterocycles. The van der Waals surface area contributed by atoms with E-state index in [2.05, 4.69) is 10.3 Å². The number of hydrogen-bond acceptors (Lipinski definition) is 6. The Hall–Kier alpha value is -1.38. The molecule has 0 radical (unpaired) electrons. The summed E-state index contributed by atoms with van der Waals surface area (Å²) in [5.41, 5.74) is 6.26. The summed E-state index contributed by atoms with van der Waals surface area (Å²) in [6.07, 6.45) is 5.90. The monoisotopic (exact) mass is 352 g/mol. The molecule has 1 fully saturated rings. The number of fused-ring (bicyclic) bond motifs is 1. The Labute approximate surface area is 142 Å². The van der Waals surface area contributed by atoms with Crippen molar-refractivity contribution in [3.63, 3.8) is 0 Å². The summed E-state index contributed by atoms with van der Waals surface area (Å²) in [5.74, 6) is 0.913. The molecule has 0 aliphatic heterocycles. The van der Waals surface area contributed by atoms with Gasteiger partial charge in [0.25, 0.3) is 5.56 Å². The van der Waals surface area contributed by atoms with Crippen molar-refractivity contribution in [2.75, 3.05) is 12.3 Å². The highest BCUT2D eigenvalue weighted by Crippen LogP contribution is 2.28. The van der Waals surface area contributed by atoms with E-state index in [9.17, 15) is 9.59 Å². The fourth-order valence-electron chi connectivity index (χ4n) is 2.97. The maximum atomic E-state index is 12.1. The van der Waals surface area contributed by atoms with Crippen molar-refractivity contribution in [3.05, 3.63) is 33.7 Å². The van der Waals surface area contributed by atoms with Crippen LogP contribution in [0.3, 0.4) is 0 Å². The van der Waals surface area contributed by atoms with E-state index in [-0.39, 0.29) is 17.0 Å². The number of thioether (sulfide) groups is 1. The number of nitrogens with two attached hydrogens (primary N) is 1. The molecule has 3 N–H and O–H groups in total. The van der Waals surface area contributed by atoms with E-state index in [1.54, 1.807) is 6.20 Å². The van der Waals surface area contributed by atoms with E-state index < -0.39 is 0 Å². The molecule has 2 heterocycles. The Bertz CT molecular complexity index is 749. The lowest BCUT2D eigenvalue weighted by Gasteiger charge is -2.28. The van der Waals surface area contributed by atoms with Crippen molar-refractivity contribution in [1.29, 1.82) is 0 Å². The first kappa shape index (κ1) is 16.5. The fourth-order valence-corrected chi connectivity index (χ4v) is 4.43. The minimum atomic E-state index is -0.204. The highest BCUT2D eigenvalue weighted by atomic mass is 32.2. The van der Waals surface area contributed by atoms with E-state index >= 15 is 0 Å². The normalized spacial score (nSPS) is 16.7. The molecule has 0 bridgehead atoms. The Morgan fingerprint density at radius 3 is 3.00 bits per heavy atom. The smallest absolute Gasteiger partial charge is 0.258 e. The molecule has 124 valence electrons. The molecule has 8 heteroatoms. The molecule has 1 amide bonds. The molecule has 6 nitrogen and oxygen atoms in total. The predicted octanol–water partition coefficient (Wildman–Crippen LogP) is 1.38. The van der Waals surface area contributed by atoms with Crippen LogP contribution in [-0.4, -0.2) is 33.1 Å². The van der Waals surface area contributed by atoms with Gasteiger partial charge in [-0.2, -0.15) is 0 Å². The number of rotatable bonds is 6. The molecule has 2 aromatic rings. The van der Waals surface area contributed by atoms with Crippen molar-refractivity contribution in [3.8, 4) is 0 Å². The number of carbonyl (C=O) groups excluding carboxylic acids is 1. The van der Waals surface area contributed by atoms with E-state index in [1.165, 1.54) is 33.6 Å². The Morgan fingerprint density at radius 2 is 2.26 bits per heavy atom. The Kier molecular flexibility index (Phi) is 5.03. The van der Waals surface area contributed by atoms with Crippen LogP contribution in [0, 0.1) is 0 Å². The number of carbonyl (C=O) groups is 1. The van der Waals surface area contributed by atoms with Crippen LogP contribution in [0.15, 0.2) is 22.4 Å². The van der Waals surface area contributed by atoms with E-state index in [0.29, 0.717) is 28.7 Å². The summed E-state index contributed by atoms with van der Waals surface area (Å²) >= 11 is 2.90. The van der Waals surface area contributed by atoms with Gasteiger partial charge in [-0.1, -0.05) is 12.8 Å². The summed E-state index contributed by atoms with van der Waals surface area (Å²) < 4.78 is 1.52. The molecule has 1 aliphatic carbocycles. The van der Waals surface area contributed by atoms with Crippen LogP contribution in [-0.2, 0) is 10.5 Å². The van der Waals surface area contributed by atoms with Gasteiger partial charge in [0.05, 0.1) is 17.0 Å². The second kappa shape index (κ2) is 7.02. The van der Waals surface area contributed by atoms with Gasteiger partial charge in [0.15, 0.2) is 4.96 Å². The second-order valence-electron chi connectivity index (χ2n) is 5.87. The summed E-state index contributed by atoms with van der Waals surface area (Å²) in [6, 6.07) is 1.53. The largest absolute Gasteiger partial charge is 0.349 e. The molecule has 0 unspecified atom stereocenters. The number of nitrogens with zero attached hydrogens (tertiary/aromatic N) is 2. The van der Waals surface area contributed by atoms with Crippen molar-refractivity contribution < 1.29 is 4.79 Å². The summed E-state index contributed by atoms with van der Waals surface area (Å²) in [6.45, 7) is 0.497. The number of hydrogen-bond donors (Lipinski definition) is 2. The minimum absolute atomic E-state index is 0.0104. The van der Waals surface area contributed by atoms with E-state index in [1.807, 2.05) is 5.38 Å². The molecular formula is C15H20N4O2S2. The standard InChI is InChI=1S/C15H20N4O2S2/c16-10-15(3-1-2-4-15)18-12(20)9-22-8-11-7-13(21)19-5-6-23-14(19)17-11/h5-7H,1-4,8-10,16H2,(H,18,20). The maximum Gasteiger partial charge on any atom is 0.258 e. The molecule has 0 saturated heterocycles. The van der Waals surface area contributed by atoms with E-state index in [4.69, 9.17) is 5.73 Å². The molecular weight excluding hydrogens is 332 g/mol. The first-order valence-electron chi connectivity index (χ1n) is 7.66. The fraction of sp³-hybridized carbons (Fsp3) is 0.533. The van der Waals surface area contributed by atoms with Gasteiger partial charge in [-0.3, -0.25) is 14.0 Å². The van der Waals surface area contributed by atoms with E-state index in [0.717, 1.165) is 25.7 Å². The van der Waals surface area contributed by atoms with Gasteiger partial charge in [0.2, 0.25) is 5.91 Å². The van der Waals surface area contributed by atoms with Gasteiger partial charge in [-0.25, -0.2) is 4.98 Å². The molecule has 1 aliphatic rings. The first-order chi connectivity index (χ1) is 11.1. The quantitative estimate of drug-likeness (QED) is 0.820. The number of aromatic nitrogens is 2. The Balaban J connectivity index is 1.54. The third-order valence-electron chi connectivity index (χ3n) is 4.20. The number of amides is 1. The predicted molar refractivity (Wildman–Crippen MR) is 93.9 cm³/mol. The average Bonchev–Trinajstić information content (AvgIpc) is 3.17. The van der Waals surface area contributed by atoms with Crippen LogP contribution in [0.2, 0.25) is 0 Å². The van der Waals surface area contributed by atoms with Crippen molar-refractivity contribution in [2.45, 2.75) is 37.0 Å². The maximum absolute atomic E-state index is 12.1. The van der Waals surface area contributed by atoms with Gasteiger partial charge in [0, 0.05) is 29.9 Å². The molecule has 0 spiro atoms. The summed E-state index contributed by atoms with van der Waals surface area (Å²) in [4.78, 5) is 29.1. The average molecular weight is 352 g/mol. The molecule has 3 rings (SSSR count). The van der Waals surface area contributed by atoms with Crippen LogP contribution in [0.1, 0.15) is 31.4 Å². The summed E-state index contributed by atoms with van der Waals surface area (Å²) in [5, 5.41) is 4.93. The lowest BCUT2D eigenvalue weighted by atomic mass is 9.98. The summed E-state index contributed by atoms with van der Waals surface area (Å²) in [7, 11) is 0. The lowest BCUT2D eigenvalue weighted by Crippen LogP contribution is -2.52. The molecule has 0 atom stereocenters. The van der Waals surface area contributed by atoms with Gasteiger partial charge < -0.3 is 11.1 Å². The SMILES string of the molecule is NCC1(NC(=O)CSCc2cc(=O)n3ccsc3n2)CCCC1. The molecule has 0 aromatic carbocycles. The van der Waals surface area contributed by atoms with Gasteiger partial charge >= 0.3 is 0 Å². The Morgan fingerprint density at radius 1 is 1.48 bits per heavy atom. The van der Waals surface area contributed by atoms with Gasteiger partial charge in [-0.05, 0) is 12.8 Å². The van der Waals surface area contributed by atoms with Crippen molar-refractivity contribution in [2.24, 2.45) is 5.73 Å². The van der Waals surface area contributed by atoms with Crippen LogP contribution < -0.4 is 16.6 Å². The molecule has 1 saturated carbocycles. The van der Waals surface area contributed by atoms with Crippen LogP contribution in [0.5, 0.6) is 0 Å². The van der Waals surface area contributed by atoms with Gasteiger partial charge in [0.1, 0.15) is 0 Å². The topological polar surface area (TPSA) is 89.5 Å². The van der Waals surface area contributed by atoms with Crippen molar-refractivity contribution >= 4 is 34.0 Å². The van der Waals surface area contributed by atoms with Crippen LogP contribution >= 0.6 is 23.1 Å². The zero-order valence-corrected chi connectivity index (χ0v) is 14.4. The van der Waals surface area contributed by atoms with Gasteiger partial charge in [-0.15, -0.1) is 23.1 Å². The highest BCUT2D eigenvalue weighted by Gasteiger charge is 2.33. The van der Waals surface area contributed by atoms with Crippen LogP contribution in [0.4, 0.5) is 0 Å². The first-order valence-corrected chi connectivity index (χ1v) is 9.70. The zero-order valence-electron chi connectivity index (χ0n) is 12.8. The highest BCUT2D eigenvalue weighted by molar-refractivity contribution is 7.99. The third-order valence-corrected chi connectivity index (χ3v) is 5.92. The number of thiazole rings is 1. The van der Waals surface area contributed by atoms with Crippen molar-refractivity contribution in [1.82, 2.24) is 14.7 Å².